The molecule has 0 spiro atoms. The van der Waals surface area contributed by atoms with E-state index in [-0.39, 0.29) is 12.3 Å². The molecule has 0 bridgehead atoms. The van der Waals surface area contributed by atoms with Crippen molar-refractivity contribution < 1.29 is 4.79 Å². The van der Waals surface area contributed by atoms with E-state index < -0.39 is 0 Å². The van der Waals surface area contributed by atoms with Crippen molar-refractivity contribution in [3.8, 4) is 0 Å². The number of nitrogens with two attached hydrogens (primary N) is 1. The Morgan fingerprint density at radius 2 is 2.15 bits per heavy atom. The summed E-state index contributed by atoms with van der Waals surface area (Å²) >= 11 is 5.87. The fourth-order valence-corrected chi connectivity index (χ4v) is 1.11. The third kappa shape index (κ3) is 3.30. The number of carbonyl (C=O) groups is 1. The Morgan fingerprint density at radius 3 is 2.77 bits per heavy atom. The Hall–Kier alpha value is -1.28. The zero-order valence-corrected chi connectivity index (χ0v) is 7.79. The highest BCUT2D eigenvalue weighted by molar-refractivity contribution is 6.32. The minimum atomic E-state index is -0.344. The summed E-state index contributed by atoms with van der Waals surface area (Å²) in [4.78, 5) is 10.4. The maximum Gasteiger partial charge on any atom is 0.221 e. The fourth-order valence-electron chi connectivity index (χ4n) is 0.912. The van der Waals surface area contributed by atoms with Crippen molar-refractivity contribution >= 4 is 23.6 Å². The highest BCUT2D eigenvalue weighted by Gasteiger charge is 1.93. The molecule has 0 saturated heterocycles. The molecule has 0 saturated carbocycles. The molecular weight excluding hydrogens is 186 g/mol. The molecule has 1 amide bonds. The second-order valence-electron chi connectivity index (χ2n) is 2.59. The highest BCUT2D eigenvalue weighted by Crippen LogP contribution is 2.16. The highest BCUT2D eigenvalue weighted by atomic mass is 35.5. The number of primary amides is 1. The summed E-state index contributed by atoms with van der Waals surface area (Å²) in [6.07, 6.45) is 3.72. The molecular formula is C10H10ClNO. The largest absolute Gasteiger partial charge is 0.369 e. The number of rotatable bonds is 3. The van der Waals surface area contributed by atoms with Crippen LogP contribution in [0.1, 0.15) is 12.0 Å². The van der Waals surface area contributed by atoms with E-state index in [1.807, 2.05) is 18.2 Å². The second-order valence-corrected chi connectivity index (χ2v) is 3.00. The molecule has 0 radical (unpaired) electrons. The number of benzene rings is 1. The smallest absolute Gasteiger partial charge is 0.221 e. The van der Waals surface area contributed by atoms with Crippen molar-refractivity contribution in [2.75, 3.05) is 0 Å². The maximum absolute atomic E-state index is 10.4. The van der Waals surface area contributed by atoms with Gasteiger partial charge in [0, 0.05) is 11.4 Å². The molecule has 1 rings (SSSR count). The topological polar surface area (TPSA) is 43.1 Å². The standard InChI is InChI=1S/C10H10ClNO/c11-9-6-2-1-4-8(9)5-3-7-10(12)13/h1-6H,7H2,(H2,12,13)/b5-3+. The van der Waals surface area contributed by atoms with Gasteiger partial charge in [-0.15, -0.1) is 0 Å². The van der Waals surface area contributed by atoms with Gasteiger partial charge in [-0.2, -0.15) is 0 Å². The summed E-state index contributed by atoms with van der Waals surface area (Å²) in [7, 11) is 0. The Labute approximate surface area is 82.0 Å². The number of hydrogen-bond donors (Lipinski definition) is 1. The van der Waals surface area contributed by atoms with Gasteiger partial charge < -0.3 is 5.73 Å². The Balaban J connectivity index is 2.68. The molecule has 0 fully saturated rings. The minimum absolute atomic E-state index is 0.241. The molecule has 68 valence electrons. The first kappa shape index (κ1) is 9.81. The van der Waals surface area contributed by atoms with Gasteiger partial charge >= 0.3 is 0 Å². The third-order valence-electron chi connectivity index (χ3n) is 1.52. The number of amides is 1. The maximum atomic E-state index is 10.4. The number of halogens is 1. The van der Waals surface area contributed by atoms with Gasteiger partial charge in [-0.3, -0.25) is 4.79 Å². The molecule has 3 heteroatoms. The molecule has 1 aromatic rings. The molecule has 0 aliphatic heterocycles. The lowest BCUT2D eigenvalue weighted by atomic mass is 10.2. The van der Waals surface area contributed by atoms with Crippen LogP contribution in [-0.2, 0) is 4.79 Å². The van der Waals surface area contributed by atoms with E-state index in [2.05, 4.69) is 0 Å². The first-order chi connectivity index (χ1) is 6.20. The zero-order valence-electron chi connectivity index (χ0n) is 7.03. The van der Waals surface area contributed by atoms with Crippen molar-refractivity contribution in [1.29, 1.82) is 0 Å². The van der Waals surface area contributed by atoms with Crippen molar-refractivity contribution in [2.45, 2.75) is 6.42 Å². The second kappa shape index (κ2) is 4.67. The summed E-state index contributed by atoms with van der Waals surface area (Å²) in [5.74, 6) is -0.344. The van der Waals surface area contributed by atoms with Crippen LogP contribution in [0.2, 0.25) is 5.02 Å². The van der Waals surface area contributed by atoms with E-state index in [1.165, 1.54) is 0 Å². The Morgan fingerprint density at radius 1 is 1.46 bits per heavy atom. The lowest BCUT2D eigenvalue weighted by molar-refractivity contribution is -0.117. The van der Waals surface area contributed by atoms with E-state index in [9.17, 15) is 4.79 Å². The van der Waals surface area contributed by atoms with Crippen molar-refractivity contribution in [2.24, 2.45) is 5.73 Å². The summed E-state index contributed by atoms with van der Waals surface area (Å²) in [6.45, 7) is 0. The predicted molar refractivity (Wildman–Crippen MR) is 54.3 cm³/mol. The van der Waals surface area contributed by atoms with E-state index in [1.54, 1.807) is 18.2 Å². The lowest BCUT2D eigenvalue weighted by Crippen LogP contribution is -2.07. The van der Waals surface area contributed by atoms with Crippen LogP contribution >= 0.6 is 11.6 Å². The van der Waals surface area contributed by atoms with Gasteiger partial charge in [0.1, 0.15) is 0 Å². The van der Waals surface area contributed by atoms with E-state index in [0.717, 1.165) is 5.56 Å². The summed E-state index contributed by atoms with van der Waals surface area (Å²) in [5, 5.41) is 0.670. The van der Waals surface area contributed by atoms with Gasteiger partial charge in [-0.05, 0) is 11.6 Å². The van der Waals surface area contributed by atoms with Crippen LogP contribution in [0.3, 0.4) is 0 Å². The summed E-state index contributed by atoms with van der Waals surface area (Å²) in [6, 6.07) is 7.41. The van der Waals surface area contributed by atoms with Gasteiger partial charge in [-0.1, -0.05) is 42.0 Å². The minimum Gasteiger partial charge on any atom is -0.369 e. The van der Waals surface area contributed by atoms with Gasteiger partial charge in [0.2, 0.25) is 5.91 Å². The van der Waals surface area contributed by atoms with Gasteiger partial charge in [-0.25, -0.2) is 0 Å². The predicted octanol–water partition coefficient (Wildman–Crippen LogP) is 2.23. The Bertz CT molecular complexity index is 333. The molecule has 2 N–H and O–H groups in total. The van der Waals surface area contributed by atoms with E-state index in [4.69, 9.17) is 17.3 Å². The van der Waals surface area contributed by atoms with Crippen LogP contribution in [0.25, 0.3) is 6.08 Å². The third-order valence-corrected chi connectivity index (χ3v) is 1.87. The van der Waals surface area contributed by atoms with Crippen LogP contribution in [0.4, 0.5) is 0 Å². The monoisotopic (exact) mass is 195 g/mol. The first-order valence-corrected chi connectivity index (χ1v) is 4.27. The van der Waals surface area contributed by atoms with Gasteiger partial charge in [0.15, 0.2) is 0 Å². The molecule has 0 aromatic heterocycles. The molecule has 1 aromatic carbocycles. The van der Waals surface area contributed by atoms with E-state index >= 15 is 0 Å². The summed E-state index contributed by atoms with van der Waals surface area (Å²) < 4.78 is 0. The first-order valence-electron chi connectivity index (χ1n) is 3.89. The Kier molecular flexibility index (Phi) is 3.53. The van der Waals surface area contributed by atoms with Crippen molar-refractivity contribution in [1.82, 2.24) is 0 Å². The van der Waals surface area contributed by atoms with Crippen LogP contribution in [0.15, 0.2) is 30.3 Å². The van der Waals surface area contributed by atoms with Crippen LogP contribution in [0, 0.1) is 0 Å². The molecule has 0 unspecified atom stereocenters. The van der Waals surface area contributed by atoms with Crippen molar-refractivity contribution in [3.05, 3.63) is 40.9 Å². The van der Waals surface area contributed by atoms with Gasteiger partial charge in [0.25, 0.3) is 0 Å². The molecule has 0 heterocycles. The average Bonchev–Trinajstić information content (AvgIpc) is 2.08. The fraction of sp³-hybridized carbons (Fsp3) is 0.100. The summed E-state index contributed by atoms with van der Waals surface area (Å²) in [5.41, 5.74) is 5.87. The number of hydrogen-bond acceptors (Lipinski definition) is 1. The molecule has 0 aliphatic carbocycles. The van der Waals surface area contributed by atoms with E-state index in [0.29, 0.717) is 5.02 Å². The quantitative estimate of drug-likeness (QED) is 0.790. The van der Waals surface area contributed by atoms with Crippen molar-refractivity contribution in [3.63, 3.8) is 0 Å². The molecule has 0 aliphatic rings. The number of carbonyl (C=O) groups excluding carboxylic acids is 1. The van der Waals surface area contributed by atoms with Crippen LogP contribution < -0.4 is 5.73 Å². The molecule has 0 atom stereocenters. The molecule has 2 nitrogen and oxygen atoms in total. The normalized spacial score (nSPS) is 10.5. The lowest BCUT2D eigenvalue weighted by Gasteiger charge is -1.95. The SMILES string of the molecule is NC(=O)C/C=C/c1ccccc1Cl. The van der Waals surface area contributed by atoms with Crippen LogP contribution in [-0.4, -0.2) is 5.91 Å². The average molecular weight is 196 g/mol. The zero-order chi connectivity index (χ0) is 9.68. The van der Waals surface area contributed by atoms with Gasteiger partial charge in [0.05, 0.1) is 0 Å². The van der Waals surface area contributed by atoms with Crippen LogP contribution in [0.5, 0.6) is 0 Å². The molecule has 13 heavy (non-hydrogen) atoms.